The molecule has 2 aromatic rings. The molecule has 21 heavy (non-hydrogen) atoms. The molecular formula is C16H17BrN2O2. The van der Waals surface area contributed by atoms with Crippen molar-refractivity contribution in [1.82, 2.24) is 10.3 Å². The lowest BCUT2D eigenvalue weighted by molar-refractivity contribution is 0.227. The predicted octanol–water partition coefficient (Wildman–Crippen LogP) is 2.95. The van der Waals surface area contributed by atoms with Crippen molar-refractivity contribution in [2.24, 2.45) is 0 Å². The summed E-state index contributed by atoms with van der Waals surface area (Å²) in [6.45, 7) is 1.59. The van der Waals surface area contributed by atoms with E-state index in [1.165, 1.54) is 5.56 Å². The van der Waals surface area contributed by atoms with Crippen LogP contribution in [-0.4, -0.2) is 24.7 Å². The molecule has 0 radical (unpaired) electrons. The van der Waals surface area contributed by atoms with Gasteiger partial charge in [0.1, 0.15) is 11.9 Å². The van der Waals surface area contributed by atoms with Crippen LogP contribution in [0.3, 0.4) is 0 Å². The van der Waals surface area contributed by atoms with Crippen molar-refractivity contribution in [3.63, 3.8) is 0 Å². The van der Waals surface area contributed by atoms with Crippen LogP contribution in [0.2, 0.25) is 0 Å². The molecule has 4 nitrogen and oxygen atoms in total. The molecule has 0 amide bonds. The lowest BCUT2D eigenvalue weighted by Crippen LogP contribution is -2.29. The summed E-state index contributed by atoms with van der Waals surface area (Å²) < 4.78 is 12.1. The molecule has 0 fully saturated rings. The van der Waals surface area contributed by atoms with Crippen LogP contribution in [0.25, 0.3) is 0 Å². The lowest BCUT2D eigenvalue weighted by Gasteiger charge is -2.12. The van der Waals surface area contributed by atoms with E-state index < -0.39 is 0 Å². The van der Waals surface area contributed by atoms with Gasteiger partial charge in [0.2, 0.25) is 5.88 Å². The van der Waals surface area contributed by atoms with Crippen molar-refractivity contribution in [3.8, 4) is 11.6 Å². The molecule has 3 rings (SSSR count). The normalized spacial score (nSPS) is 16.4. The summed E-state index contributed by atoms with van der Waals surface area (Å²) in [6, 6.07) is 10.0. The van der Waals surface area contributed by atoms with Crippen molar-refractivity contribution in [3.05, 3.63) is 52.1 Å². The maximum atomic E-state index is 5.92. The molecule has 1 atom stereocenters. The van der Waals surface area contributed by atoms with E-state index in [1.54, 1.807) is 7.11 Å². The number of ether oxygens (including phenoxy) is 2. The lowest BCUT2D eigenvalue weighted by atomic mass is 10.1. The van der Waals surface area contributed by atoms with Crippen LogP contribution in [-0.2, 0) is 13.0 Å². The van der Waals surface area contributed by atoms with Gasteiger partial charge >= 0.3 is 0 Å². The number of nitrogens with one attached hydrogen (secondary N) is 1. The number of benzene rings is 1. The number of nitrogens with zero attached hydrogens (tertiary/aromatic N) is 1. The van der Waals surface area contributed by atoms with Gasteiger partial charge in [-0.25, -0.2) is 4.98 Å². The first kappa shape index (κ1) is 14.4. The van der Waals surface area contributed by atoms with Gasteiger partial charge in [0, 0.05) is 36.2 Å². The average Bonchev–Trinajstić information content (AvgIpc) is 2.89. The van der Waals surface area contributed by atoms with Crippen LogP contribution in [0.1, 0.15) is 11.1 Å². The Bertz CT molecular complexity index is 616. The van der Waals surface area contributed by atoms with Crippen molar-refractivity contribution < 1.29 is 9.47 Å². The fraction of sp³-hybridized carbons (Fsp3) is 0.312. The number of halogens is 1. The SMILES string of the molecule is COc1ccc(CNCC2Cc3cc(Br)ccc3O2)cn1. The molecule has 2 heterocycles. The number of aromatic nitrogens is 1. The van der Waals surface area contributed by atoms with Crippen LogP contribution in [0.4, 0.5) is 0 Å². The Hall–Kier alpha value is -1.59. The first-order valence-corrected chi connectivity index (χ1v) is 7.68. The van der Waals surface area contributed by atoms with Crippen molar-refractivity contribution in [2.75, 3.05) is 13.7 Å². The largest absolute Gasteiger partial charge is 0.488 e. The first-order valence-electron chi connectivity index (χ1n) is 6.89. The summed E-state index contributed by atoms with van der Waals surface area (Å²) in [5.41, 5.74) is 2.40. The highest BCUT2D eigenvalue weighted by Gasteiger charge is 2.22. The fourth-order valence-corrected chi connectivity index (χ4v) is 2.83. The maximum absolute atomic E-state index is 5.92. The van der Waals surface area contributed by atoms with Gasteiger partial charge in [0.15, 0.2) is 0 Å². The molecule has 1 aliphatic rings. The standard InChI is InChI=1S/C16H17BrN2O2/c1-20-16-5-2-11(9-19-16)8-18-10-14-7-12-6-13(17)3-4-15(12)21-14/h2-6,9,14,18H,7-8,10H2,1H3. The Morgan fingerprint density at radius 3 is 3.05 bits per heavy atom. The highest BCUT2D eigenvalue weighted by atomic mass is 79.9. The van der Waals surface area contributed by atoms with E-state index in [0.717, 1.165) is 35.3 Å². The first-order chi connectivity index (χ1) is 10.2. The second-order valence-corrected chi connectivity index (χ2v) is 5.95. The third-order valence-corrected chi connectivity index (χ3v) is 3.96. The quantitative estimate of drug-likeness (QED) is 0.902. The Balaban J connectivity index is 1.48. The number of rotatable bonds is 5. The number of methoxy groups -OCH3 is 1. The zero-order valence-electron chi connectivity index (χ0n) is 11.8. The minimum atomic E-state index is 0.195. The predicted molar refractivity (Wildman–Crippen MR) is 84.8 cm³/mol. The third-order valence-electron chi connectivity index (χ3n) is 3.47. The van der Waals surface area contributed by atoms with E-state index in [0.29, 0.717) is 5.88 Å². The van der Waals surface area contributed by atoms with Gasteiger partial charge in [-0.15, -0.1) is 0 Å². The summed E-state index contributed by atoms with van der Waals surface area (Å²) >= 11 is 3.49. The van der Waals surface area contributed by atoms with Gasteiger partial charge in [-0.05, 0) is 29.3 Å². The summed E-state index contributed by atoms with van der Waals surface area (Å²) in [7, 11) is 1.62. The molecule has 0 spiro atoms. The van der Waals surface area contributed by atoms with Gasteiger partial charge in [0.05, 0.1) is 7.11 Å². The second-order valence-electron chi connectivity index (χ2n) is 5.04. The van der Waals surface area contributed by atoms with Gasteiger partial charge in [-0.1, -0.05) is 22.0 Å². The zero-order chi connectivity index (χ0) is 14.7. The minimum Gasteiger partial charge on any atom is -0.488 e. The summed E-state index contributed by atoms with van der Waals surface area (Å²) in [5, 5.41) is 3.41. The molecular weight excluding hydrogens is 332 g/mol. The van der Waals surface area contributed by atoms with Gasteiger partial charge < -0.3 is 14.8 Å². The number of hydrogen-bond donors (Lipinski definition) is 1. The van der Waals surface area contributed by atoms with Crippen LogP contribution in [0, 0.1) is 0 Å². The van der Waals surface area contributed by atoms with Crippen LogP contribution in [0.15, 0.2) is 41.0 Å². The maximum Gasteiger partial charge on any atom is 0.212 e. The Kier molecular flexibility index (Phi) is 4.41. The Labute approximate surface area is 132 Å². The zero-order valence-corrected chi connectivity index (χ0v) is 13.4. The van der Waals surface area contributed by atoms with E-state index in [-0.39, 0.29) is 6.10 Å². The molecule has 0 bridgehead atoms. The molecule has 1 aromatic carbocycles. The molecule has 1 N–H and O–H groups in total. The van der Waals surface area contributed by atoms with Gasteiger partial charge in [0.25, 0.3) is 0 Å². The summed E-state index contributed by atoms with van der Waals surface area (Å²) in [5.74, 6) is 1.63. The monoisotopic (exact) mass is 348 g/mol. The fourth-order valence-electron chi connectivity index (χ4n) is 2.42. The van der Waals surface area contributed by atoms with E-state index >= 15 is 0 Å². The third kappa shape index (κ3) is 3.54. The molecule has 0 saturated carbocycles. The van der Waals surface area contributed by atoms with E-state index in [2.05, 4.69) is 32.3 Å². The molecule has 0 saturated heterocycles. The van der Waals surface area contributed by atoms with Crippen molar-refractivity contribution >= 4 is 15.9 Å². The van der Waals surface area contributed by atoms with Crippen molar-refractivity contribution in [1.29, 1.82) is 0 Å². The van der Waals surface area contributed by atoms with Crippen LogP contribution >= 0.6 is 15.9 Å². The summed E-state index contributed by atoms with van der Waals surface area (Å²) in [6.07, 6.45) is 2.97. The number of fused-ring (bicyclic) bond motifs is 1. The van der Waals surface area contributed by atoms with Crippen LogP contribution in [0.5, 0.6) is 11.6 Å². The number of pyridine rings is 1. The molecule has 1 aromatic heterocycles. The highest BCUT2D eigenvalue weighted by Crippen LogP contribution is 2.30. The van der Waals surface area contributed by atoms with E-state index in [4.69, 9.17) is 9.47 Å². The molecule has 0 aliphatic carbocycles. The Morgan fingerprint density at radius 1 is 1.38 bits per heavy atom. The molecule has 110 valence electrons. The molecule has 1 aliphatic heterocycles. The topological polar surface area (TPSA) is 43.4 Å². The highest BCUT2D eigenvalue weighted by molar-refractivity contribution is 9.10. The second kappa shape index (κ2) is 6.45. The van der Waals surface area contributed by atoms with Gasteiger partial charge in [-0.2, -0.15) is 0 Å². The molecule has 5 heteroatoms. The Morgan fingerprint density at radius 2 is 2.29 bits per heavy atom. The van der Waals surface area contributed by atoms with Crippen LogP contribution < -0.4 is 14.8 Å². The van der Waals surface area contributed by atoms with Gasteiger partial charge in [-0.3, -0.25) is 0 Å². The average molecular weight is 349 g/mol. The summed E-state index contributed by atoms with van der Waals surface area (Å²) in [4.78, 5) is 4.19. The number of hydrogen-bond acceptors (Lipinski definition) is 4. The van der Waals surface area contributed by atoms with E-state index in [9.17, 15) is 0 Å². The van der Waals surface area contributed by atoms with E-state index in [1.807, 2.05) is 30.5 Å². The molecule has 1 unspecified atom stereocenters. The van der Waals surface area contributed by atoms with Crippen molar-refractivity contribution in [2.45, 2.75) is 19.1 Å². The minimum absolute atomic E-state index is 0.195. The smallest absolute Gasteiger partial charge is 0.212 e.